The number of aliphatic imine (C=N–C) groups is 3. The van der Waals surface area contributed by atoms with Crippen LogP contribution in [0.2, 0.25) is 0 Å². The molecule has 1 aliphatic carbocycles. The molecule has 2 N–H and O–H groups in total. The SMILES string of the molecule is C=CC1=C(C)C2=NC1=CC1=NC(=C(CC)/C1=C/O)C=C1N=C3C(=C1C)C(=O)[C@H](C(=O)OC)C3=C1NC(=C2)[C@@H](C)[C@@H]1CCC(=O)[O-].[Na+]. The topological polar surface area (TPSA) is 153 Å². The van der Waals surface area contributed by atoms with Crippen molar-refractivity contribution in [3.8, 4) is 0 Å². The van der Waals surface area contributed by atoms with Crippen LogP contribution in [0.1, 0.15) is 47.0 Å². The Morgan fingerprint density at radius 3 is 2.48 bits per heavy atom. The molecule has 8 bridgehead atoms. The molecule has 0 aromatic rings. The summed E-state index contributed by atoms with van der Waals surface area (Å²) in [5.41, 5.74) is 8.98. The summed E-state index contributed by atoms with van der Waals surface area (Å²) in [6.45, 7) is 11.7. The molecule has 0 radical (unpaired) electrons. The van der Waals surface area contributed by atoms with Crippen molar-refractivity contribution in [2.75, 3.05) is 7.11 Å². The number of esters is 1. The van der Waals surface area contributed by atoms with E-state index in [2.05, 4.69) is 11.9 Å². The van der Waals surface area contributed by atoms with Crippen molar-refractivity contribution < 1.29 is 58.9 Å². The van der Waals surface area contributed by atoms with Crippen LogP contribution in [0.3, 0.4) is 0 Å². The van der Waals surface area contributed by atoms with Crippen LogP contribution in [0.25, 0.3) is 0 Å². The van der Waals surface area contributed by atoms with Gasteiger partial charge in [0, 0.05) is 51.5 Å². The van der Waals surface area contributed by atoms with Crippen LogP contribution in [-0.4, -0.2) is 47.1 Å². The van der Waals surface area contributed by atoms with E-state index in [-0.39, 0.29) is 54.2 Å². The van der Waals surface area contributed by atoms with Gasteiger partial charge in [0.2, 0.25) is 0 Å². The molecule has 11 heteroatoms. The first-order valence-corrected chi connectivity index (χ1v) is 14.9. The van der Waals surface area contributed by atoms with Crippen molar-refractivity contribution >= 4 is 34.9 Å². The van der Waals surface area contributed by atoms with Gasteiger partial charge in [-0.1, -0.05) is 26.5 Å². The number of hydrogen-bond donors (Lipinski definition) is 2. The van der Waals surface area contributed by atoms with Crippen molar-refractivity contribution in [3.05, 3.63) is 105 Å². The van der Waals surface area contributed by atoms with Crippen LogP contribution in [-0.2, 0) is 19.1 Å². The molecule has 0 spiro atoms. The monoisotopic (exact) mass is 628 g/mol. The molecule has 6 aliphatic rings. The number of aliphatic hydroxyl groups is 1. The molecular formula is C35H33N4NaO6. The zero-order valence-corrected chi connectivity index (χ0v) is 28.8. The van der Waals surface area contributed by atoms with Gasteiger partial charge in [0.1, 0.15) is 5.92 Å². The van der Waals surface area contributed by atoms with Gasteiger partial charge in [-0.3, -0.25) is 9.59 Å². The largest absolute Gasteiger partial charge is 1.00 e. The summed E-state index contributed by atoms with van der Waals surface area (Å²) in [5, 5.41) is 25.4. The van der Waals surface area contributed by atoms with Crippen molar-refractivity contribution in [3.63, 3.8) is 0 Å². The van der Waals surface area contributed by atoms with Gasteiger partial charge in [-0.05, 0) is 68.1 Å². The van der Waals surface area contributed by atoms with Crippen LogP contribution in [0.5, 0.6) is 0 Å². The molecule has 1 saturated heterocycles. The average molecular weight is 629 g/mol. The number of ketones is 1. The van der Waals surface area contributed by atoms with Gasteiger partial charge in [0.25, 0.3) is 0 Å². The molecule has 1 saturated carbocycles. The maximum atomic E-state index is 14.0. The number of rotatable bonds is 6. The van der Waals surface area contributed by atoms with Gasteiger partial charge in [0.05, 0.1) is 47.6 Å². The minimum absolute atomic E-state index is 0. The molecule has 0 unspecified atom stereocenters. The molecular weight excluding hydrogens is 595 g/mol. The molecule has 5 aliphatic heterocycles. The third-order valence-corrected chi connectivity index (χ3v) is 9.39. The Kier molecular flexibility index (Phi) is 9.10. The number of carbonyl (C=O) groups is 3. The number of fused-ring (bicyclic) bond motifs is 5. The number of carboxylic acid groups (broad SMARTS) is 1. The van der Waals surface area contributed by atoms with E-state index >= 15 is 0 Å². The van der Waals surface area contributed by atoms with E-state index in [0.29, 0.717) is 68.6 Å². The van der Waals surface area contributed by atoms with Crippen molar-refractivity contribution in [2.24, 2.45) is 32.7 Å². The molecule has 230 valence electrons. The maximum Gasteiger partial charge on any atom is 1.00 e. The van der Waals surface area contributed by atoms with Gasteiger partial charge in [-0.2, -0.15) is 0 Å². The zero-order chi connectivity index (χ0) is 32.3. The summed E-state index contributed by atoms with van der Waals surface area (Å²) < 4.78 is 5.10. The second-order valence-electron chi connectivity index (χ2n) is 11.7. The van der Waals surface area contributed by atoms with E-state index in [1.165, 1.54) is 7.11 Å². The van der Waals surface area contributed by atoms with Crippen molar-refractivity contribution in [1.82, 2.24) is 5.32 Å². The van der Waals surface area contributed by atoms with Gasteiger partial charge < -0.3 is 25.1 Å². The number of nitrogens with one attached hydrogen (secondary N) is 1. The Morgan fingerprint density at radius 1 is 1.11 bits per heavy atom. The molecule has 10 nitrogen and oxygen atoms in total. The normalized spacial score (nSPS) is 25.6. The van der Waals surface area contributed by atoms with Crippen LogP contribution >= 0.6 is 0 Å². The second-order valence-corrected chi connectivity index (χ2v) is 11.7. The number of hydrogen-bond acceptors (Lipinski definition) is 10. The number of Topliss-reactive ketones (excluding diaryl/α,β-unsaturated/α-hetero) is 1. The maximum absolute atomic E-state index is 14.0. The number of methoxy groups -OCH3 is 1. The third kappa shape index (κ3) is 5.09. The van der Waals surface area contributed by atoms with Gasteiger partial charge >= 0.3 is 35.5 Å². The van der Waals surface area contributed by atoms with Gasteiger partial charge in [-0.15, -0.1) is 0 Å². The smallest absolute Gasteiger partial charge is 0.550 e. The standard InChI is InChI=1S/C35H34N4O6.Na/c1-7-18-15(3)22-11-23-16(4)20(9-10-28(41)42)32(38-23)30-31(35(44)45-6)34(43)29-17(5)24(39-33(29)30)12-26-19(8-2)21(14-40)27(37-26)13-25(18)36-22;/h7,11-14,16,20,31,38,40H,1,8-10H2,2-6H3,(H,41,42);/q;+1/p-1/b21-14-,23-11?,24-12?,25-13?,32-30?;/t16-,20-,31+;/m0./s1. The van der Waals surface area contributed by atoms with Crippen molar-refractivity contribution in [2.45, 2.75) is 47.0 Å². The fourth-order valence-corrected chi connectivity index (χ4v) is 6.99. The summed E-state index contributed by atoms with van der Waals surface area (Å²) >= 11 is 0. The van der Waals surface area contributed by atoms with E-state index in [1.54, 1.807) is 19.1 Å². The summed E-state index contributed by atoms with van der Waals surface area (Å²) in [5.74, 6) is -4.19. The first-order chi connectivity index (χ1) is 21.5. The Balaban J connectivity index is 0.00000417. The minimum Gasteiger partial charge on any atom is -0.550 e. The number of aliphatic hydroxyl groups excluding tert-OH is 1. The molecule has 3 atom stereocenters. The fourth-order valence-electron chi connectivity index (χ4n) is 6.99. The first kappa shape index (κ1) is 33.2. The number of ether oxygens (including phenoxy) is 1. The van der Waals surface area contributed by atoms with Gasteiger partial charge in [0.15, 0.2) is 5.78 Å². The van der Waals surface area contributed by atoms with Crippen molar-refractivity contribution in [1.29, 1.82) is 0 Å². The molecule has 0 aromatic heterocycles. The van der Waals surface area contributed by atoms with Crippen LogP contribution in [0, 0.1) is 17.8 Å². The zero-order valence-electron chi connectivity index (χ0n) is 26.8. The minimum atomic E-state index is -1.25. The van der Waals surface area contributed by atoms with E-state index in [1.807, 2.05) is 32.9 Å². The Hall–Kier alpha value is -4.12. The quantitative estimate of drug-likeness (QED) is 0.192. The van der Waals surface area contributed by atoms with E-state index in [4.69, 9.17) is 19.7 Å². The third-order valence-electron chi connectivity index (χ3n) is 9.39. The van der Waals surface area contributed by atoms with Crippen LogP contribution < -0.4 is 40.0 Å². The number of aliphatic carboxylic acids is 1. The average Bonchev–Trinajstić information content (AvgIpc) is 3.76. The summed E-state index contributed by atoms with van der Waals surface area (Å²) in [6.07, 6.45) is 8.87. The Bertz CT molecular complexity index is 1870. The summed E-state index contributed by atoms with van der Waals surface area (Å²) in [6, 6.07) is 0. The van der Waals surface area contributed by atoms with Gasteiger partial charge in [-0.25, -0.2) is 15.0 Å². The number of allylic oxidation sites excluding steroid dienone is 11. The van der Waals surface area contributed by atoms with E-state index < -0.39 is 23.6 Å². The first-order valence-electron chi connectivity index (χ1n) is 14.9. The predicted octanol–water partition coefficient (Wildman–Crippen LogP) is 0.956. The molecule has 2 fully saturated rings. The van der Waals surface area contributed by atoms with E-state index in [0.717, 1.165) is 28.7 Å². The Morgan fingerprint density at radius 2 is 1.85 bits per heavy atom. The molecule has 46 heavy (non-hydrogen) atoms. The number of carbonyl (C=O) groups excluding carboxylic acids is 3. The number of carboxylic acids is 1. The predicted molar refractivity (Wildman–Crippen MR) is 168 cm³/mol. The second kappa shape index (κ2) is 12.6. The summed E-state index contributed by atoms with van der Waals surface area (Å²) in [4.78, 5) is 53.5. The molecule has 6 rings (SSSR count). The number of nitrogens with zero attached hydrogens (tertiary/aromatic N) is 3. The van der Waals surface area contributed by atoms with E-state index in [9.17, 15) is 24.6 Å². The molecule has 0 amide bonds. The van der Waals surface area contributed by atoms with Crippen LogP contribution in [0.15, 0.2) is 120 Å². The molecule has 0 aromatic carbocycles. The summed E-state index contributed by atoms with van der Waals surface area (Å²) in [7, 11) is 1.23. The van der Waals surface area contributed by atoms with Crippen LogP contribution in [0.4, 0.5) is 0 Å². The molecule has 5 heterocycles. The fraction of sp³-hybridized carbons (Fsp3) is 0.314. The Labute approximate surface area is 289 Å².